The fourth-order valence-electron chi connectivity index (χ4n) is 14.3. The van der Waals surface area contributed by atoms with Crippen molar-refractivity contribution in [3.63, 3.8) is 0 Å². The van der Waals surface area contributed by atoms with Gasteiger partial charge >= 0.3 is 0 Å². The molecular weight excluding hydrogens is 1550 g/mol. The molecule has 117 heavy (non-hydrogen) atoms. The number of ether oxygens (including phenoxy) is 12. The van der Waals surface area contributed by atoms with Crippen LogP contribution < -0.4 is 14.2 Å². The highest BCUT2D eigenvalue weighted by molar-refractivity contribution is 5.97. The fourth-order valence-corrected chi connectivity index (χ4v) is 14.3. The molecule has 6 aliphatic rings. The lowest BCUT2D eigenvalue weighted by atomic mass is 9.92. The number of allylic oxidation sites excluding steroid dienone is 3. The van der Waals surface area contributed by atoms with E-state index in [1.54, 1.807) is 39.6 Å². The Morgan fingerprint density at radius 3 is 0.726 bits per heavy atom. The third-order valence-corrected chi connectivity index (χ3v) is 21.1. The summed E-state index contributed by atoms with van der Waals surface area (Å²) >= 11 is 0. The van der Waals surface area contributed by atoms with Crippen LogP contribution >= 0.6 is 0 Å². The fraction of sp³-hybridized carbons (Fsp3) is 0.519. The first-order valence-corrected chi connectivity index (χ1v) is 37.6. The molecule has 0 saturated carbocycles. The van der Waals surface area contributed by atoms with E-state index in [1.807, 2.05) is 109 Å². The van der Waals surface area contributed by atoms with E-state index in [0.717, 1.165) is 66.3 Å². The summed E-state index contributed by atoms with van der Waals surface area (Å²) in [6.07, 6.45) is -37.2. The number of benzene rings is 6. The van der Waals surface area contributed by atoms with Crippen molar-refractivity contribution in [1.29, 1.82) is 0 Å². The van der Waals surface area contributed by atoms with Crippen LogP contribution in [0.15, 0.2) is 127 Å². The van der Waals surface area contributed by atoms with Gasteiger partial charge in [-0.1, -0.05) is 72.8 Å². The maximum absolute atomic E-state index is 12.7. The Hall–Kier alpha value is -7.47. The van der Waals surface area contributed by atoms with Gasteiger partial charge in [0.2, 0.25) is 0 Å². The van der Waals surface area contributed by atoms with Gasteiger partial charge < -0.3 is 164 Å². The van der Waals surface area contributed by atoms with E-state index in [0.29, 0.717) is 0 Å². The van der Waals surface area contributed by atoms with Gasteiger partial charge in [0, 0.05) is 19.3 Å². The topological polar surface area (TPSA) is 587 Å². The number of fused-ring (bicyclic) bond motifs is 3. The predicted octanol–water partition coefficient (Wildman–Crippen LogP) is -4.54. The lowest BCUT2D eigenvalue weighted by Gasteiger charge is -2.46. The summed E-state index contributed by atoms with van der Waals surface area (Å²) in [4.78, 5) is 38.0. The Kier molecular flexibility index (Phi) is 33.1. The van der Waals surface area contributed by atoms with Gasteiger partial charge in [-0.2, -0.15) is 0 Å². The SMILES string of the molecule is COc1ccc2cc(/C=C/C(=O)C[C@@H]3OC(CO)[C@@H](O[C@@H]4OC(CO)[C@@H](O)[C@H](O)C4O)C(O)[C@@H]3O)ccc2c1.COc1ccc2cc(/C=C/C(=O)C[C@@H]3OC(CO)[C@@H](O[C@@H]4OC(CO)[C@H](O)[C@H](O)C4O)C(O)[C@@H]3O)ccc2c1.COc1ccc2cc(/C=C/C(=O)C[C@@H]3OC(CO)[C@@H](O[C@H]4OC(CO)[C@@H](O)[C@H](O)C4O)C(O)[C@@H]3O)ccc2c1. The smallest absolute Gasteiger partial charge is 0.187 e. The van der Waals surface area contributed by atoms with Crippen molar-refractivity contribution in [2.75, 3.05) is 61.0 Å². The second-order valence-electron chi connectivity index (χ2n) is 29.0. The normalized spacial score (nSPS) is 35.4. The zero-order valence-corrected chi connectivity index (χ0v) is 63.6. The van der Waals surface area contributed by atoms with Crippen molar-refractivity contribution < 1.29 is 178 Å². The van der Waals surface area contributed by atoms with Gasteiger partial charge in [0.25, 0.3) is 0 Å². The van der Waals surface area contributed by atoms with Crippen LogP contribution in [0.25, 0.3) is 50.5 Å². The Balaban J connectivity index is 0.000000185. The maximum atomic E-state index is 12.7. The number of hydrogen-bond acceptors (Lipinski definition) is 36. The molecular formula is C81H102O36. The van der Waals surface area contributed by atoms with Gasteiger partial charge in [0.05, 0.1) is 79.3 Å². The summed E-state index contributed by atoms with van der Waals surface area (Å²) in [5.74, 6) is 1.01. The second-order valence-corrected chi connectivity index (χ2v) is 29.0. The number of methoxy groups -OCH3 is 3. The van der Waals surface area contributed by atoms with E-state index < -0.39 is 241 Å². The van der Waals surface area contributed by atoms with E-state index in [1.165, 1.54) is 18.2 Å². The van der Waals surface area contributed by atoms with E-state index in [9.17, 15) is 122 Å². The minimum absolute atomic E-state index is 0.303. The number of rotatable bonds is 27. The van der Waals surface area contributed by atoms with Crippen molar-refractivity contribution in [1.82, 2.24) is 0 Å². The number of ketones is 3. The average molecular weight is 1650 g/mol. The van der Waals surface area contributed by atoms with Gasteiger partial charge in [0.15, 0.2) is 36.2 Å². The molecule has 36 nitrogen and oxygen atoms in total. The highest BCUT2D eigenvalue weighted by atomic mass is 16.7. The Labute approximate surface area is 669 Å². The third-order valence-electron chi connectivity index (χ3n) is 21.1. The third kappa shape index (κ3) is 22.2. The van der Waals surface area contributed by atoms with Gasteiger partial charge in [-0.3, -0.25) is 14.4 Å². The molecule has 0 radical (unpaired) electrons. The average Bonchev–Trinajstić information content (AvgIpc) is 0.790. The Morgan fingerprint density at radius 1 is 0.274 bits per heavy atom. The molecule has 6 aliphatic heterocycles. The van der Waals surface area contributed by atoms with Crippen molar-refractivity contribution in [3.05, 3.63) is 144 Å². The summed E-state index contributed by atoms with van der Waals surface area (Å²) in [5, 5.41) is 218. The van der Waals surface area contributed by atoms with Gasteiger partial charge in [-0.25, -0.2) is 0 Å². The van der Waals surface area contributed by atoms with Gasteiger partial charge in [0.1, 0.15) is 164 Å². The molecule has 0 aliphatic carbocycles. The first kappa shape index (κ1) is 91.8. The van der Waals surface area contributed by atoms with E-state index in [-0.39, 0.29) is 19.3 Å². The van der Waals surface area contributed by atoms with Crippen molar-refractivity contribution in [2.24, 2.45) is 0 Å². The predicted molar refractivity (Wildman–Crippen MR) is 407 cm³/mol. The molecule has 0 spiro atoms. The van der Waals surface area contributed by atoms with Crippen molar-refractivity contribution in [3.8, 4) is 17.2 Å². The quantitative estimate of drug-likeness (QED) is 0.0216. The first-order valence-electron chi connectivity index (χ1n) is 37.6. The molecule has 30 atom stereocenters. The Morgan fingerprint density at radius 2 is 0.496 bits per heavy atom. The minimum atomic E-state index is -1.76. The summed E-state index contributed by atoms with van der Waals surface area (Å²) in [6.45, 7) is -4.08. The number of hydrogen-bond donors (Lipinski definition) is 21. The van der Waals surface area contributed by atoms with Gasteiger partial charge in [-0.05, 0) is 122 Å². The number of carbonyl (C=O) groups excluding carboxylic acids is 3. The molecule has 6 fully saturated rings. The molecule has 12 rings (SSSR count). The highest BCUT2D eigenvalue weighted by Crippen LogP contribution is 2.36. The lowest BCUT2D eigenvalue weighted by molar-refractivity contribution is -0.341. The maximum Gasteiger partial charge on any atom is 0.187 e. The largest absolute Gasteiger partial charge is 0.497 e. The molecule has 6 heterocycles. The van der Waals surface area contributed by atoms with E-state index >= 15 is 0 Å². The first-order chi connectivity index (χ1) is 56.0. The van der Waals surface area contributed by atoms with E-state index in [2.05, 4.69) is 0 Å². The molecule has 21 N–H and O–H groups in total. The van der Waals surface area contributed by atoms with Crippen LogP contribution in [0.2, 0.25) is 0 Å². The van der Waals surface area contributed by atoms with Crippen LogP contribution in [-0.2, 0) is 57.0 Å². The summed E-state index contributed by atoms with van der Waals surface area (Å²) in [6, 6.07) is 33.8. The van der Waals surface area contributed by atoms with E-state index in [4.69, 9.17) is 56.8 Å². The van der Waals surface area contributed by atoms with Crippen LogP contribution in [0.1, 0.15) is 36.0 Å². The minimum Gasteiger partial charge on any atom is -0.497 e. The molecule has 6 aromatic rings. The Bertz CT molecular complexity index is 3880. The molecule has 6 saturated heterocycles. The molecule has 36 heteroatoms. The summed E-state index contributed by atoms with van der Waals surface area (Å²) in [5.41, 5.74) is 2.31. The molecule has 12 unspecified atom stereocenters. The van der Waals surface area contributed by atoms with Crippen molar-refractivity contribution in [2.45, 2.75) is 203 Å². The van der Waals surface area contributed by atoms with Crippen molar-refractivity contribution >= 4 is 67.9 Å². The number of aliphatic hydroxyl groups is 21. The molecule has 0 bridgehead atoms. The second kappa shape index (κ2) is 42.2. The molecule has 0 amide bonds. The van der Waals surface area contributed by atoms with Crippen LogP contribution in [0, 0.1) is 0 Å². The number of carbonyl (C=O) groups is 3. The standard InChI is InChI=1S/3C27H34O12/c3*1-36-17-7-5-14-8-13(2-4-15(14)9-17)3-6-16(30)10-18-21(31)24(34)26(20(12-29)37-18)39-27-25(35)23(33)22(32)19(11-28)38-27/h3*2-9,18-29,31-35H,10-12H2,1H3/b3*6-3+/t18-,19?,20?,21+,22+,23-,24?,25?,26+,27+;18-,19?,20?,21+,22+,23-,24?,25?,26+,27-;18-,19?,20?,21+,22-,23-,24?,25?,26+,27-/m000/s1. The van der Waals surface area contributed by atoms with Crippen LogP contribution in [0.3, 0.4) is 0 Å². The lowest BCUT2D eigenvalue weighted by Crippen LogP contribution is -2.64. The van der Waals surface area contributed by atoms with Crippen LogP contribution in [-0.4, -0.2) is 369 Å². The zero-order chi connectivity index (χ0) is 84.8. The van der Waals surface area contributed by atoms with Crippen LogP contribution in [0.4, 0.5) is 0 Å². The van der Waals surface area contributed by atoms with Crippen LogP contribution in [0.5, 0.6) is 17.2 Å². The summed E-state index contributed by atoms with van der Waals surface area (Å²) < 4.78 is 65.1. The molecule has 642 valence electrons. The number of aliphatic hydroxyl groups excluding tert-OH is 21. The zero-order valence-electron chi connectivity index (χ0n) is 63.6. The molecule has 0 aromatic heterocycles. The molecule has 6 aromatic carbocycles. The van der Waals surface area contributed by atoms with Gasteiger partial charge in [-0.15, -0.1) is 0 Å². The highest BCUT2D eigenvalue weighted by Gasteiger charge is 2.54. The summed E-state index contributed by atoms with van der Waals surface area (Å²) in [7, 11) is 4.77. The monoisotopic (exact) mass is 1650 g/mol.